The third kappa shape index (κ3) is 2.70. The van der Waals surface area contributed by atoms with Gasteiger partial charge in [0, 0.05) is 18.7 Å². The first kappa shape index (κ1) is 18.0. The summed E-state index contributed by atoms with van der Waals surface area (Å²) < 4.78 is 17.3. The largest absolute Gasteiger partial charge is 0.425 e. The van der Waals surface area contributed by atoms with Crippen LogP contribution in [-0.2, 0) is 4.74 Å². The smallest absolute Gasteiger partial charge is 0.416 e. The minimum Gasteiger partial charge on any atom is -0.416 e. The average molecular weight is 382 g/mol. The van der Waals surface area contributed by atoms with Gasteiger partial charge in [0.05, 0.1) is 29.0 Å². The number of ether oxygens (including phenoxy) is 1. The van der Waals surface area contributed by atoms with E-state index in [9.17, 15) is 14.9 Å². The molecule has 1 saturated heterocycles. The van der Waals surface area contributed by atoms with Crippen molar-refractivity contribution < 1.29 is 18.5 Å². The van der Waals surface area contributed by atoms with Crippen LogP contribution in [-0.4, -0.2) is 41.3 Å². The summed E-state index contributed by atoms with van der Waals surface area (Å²) in [6, 6.07) is 3.73. The van der Waals surface area contributed by atoms with E-state index in [0.717, 1.165) is 0 Å². The molecule has 2 aromatic heterocycles. The van der Waals surface area contributed by atoms with Crippen LogP contribution in [0, 0.1) is 18.3 Å². The lowest BCUT2D eigenvalue weighted by molar-refractivity contribution is -0.00526. The number of hydrogen-bond donors (Lipinski definition) is 0. The van der Waals surface area contributed by atoms with Gasteiger partial charge in [0.25, 0.3) is 0 Å². The second-order valence-electron chi connectivity index (χ2n) is 6.94. The van der Waals surface area contributed by atoms with Crippen LogP contribution >= 0.6 is 0 Å². The Balaban J connectivity index is 1.98. The molecule has 0 spiro atoms. The zero-order valence-electron chi connectivity index (χ0n) is 15.6. The fraction of sp³-hybridized carbons (Fsp3) is 0.368. The maximum absolute atomic E-state index is 12.0. The summed E-state index contributed by atoms with van der Waals surface area (Å²) in [5, 5.41) is 14.2. The molecule has 144 valence electrons. The molecule has 1 fully saturated rings. The van der Waals surface area contributed by atoms with E-state index < -0.39 is 5.76 Å². The molecule has 9 heteroatoms. The Kier molecular flexibility index (Phi) is 4.28. The fourth-order valence-electron chi connectivity index (χ4n) is 3.77. The lowest BCUT2D eigenvalue weighted by Gasteiger charge is -2.37. The summed E-state index contributed by atoms with van der Waals surface area (Å²) in [5.41, 5.74) is 1.76. The molecule has 1 aliphatic heterocycles. The first-order valence-electron chi connectivity index (χ1n) is 8.84. The Hall–Kier alpha value is -3.38. The van der Waals surface area contributed by atoms with Gasteiger partial charge in [-0.1, -0.05) is 5.16 Å². The highest BCUT2D eigenvalue weighted by molar-refractivity contribution is 6.01. The zero-order chi connectivity index (χ0) is 20.0. The molecule has 9 nitrogen and oxygen atoms in total. The van der Waals surface area contributed by atoms with Gasteiger partial charge in [-0.3, -0.25) is 4.79 Å². The van der Waals surface area contributed by atoms with Crippen LogP contribution in [0.1, 0.15) is 35.5 Å². The summed E-state index contributed by atoms with van der Waals surface area (Å²) in [4.78, 5) is 25.9. The molecule has 4 rings (SSSR count). The van der Waals surface area contributed by atoms with Crippen LogP contribution in [0.4, 0.5) is 5.69 Å². The van der Waals surface area contributed by atoms with E-state index in [4.69, 9.17) is 13.7 Å². The van der Waals surface area contributed by atoms with E-state index >= 15 is 0 Å². The van der Waals surface area contributed by atoms with Crippen LogP contribution < -0.4 is 10.7 Å². The number of aryl methyl sites for hydroxylation is 1. The Labute approximate surface area is 159 Å². The first-order chi connectivity index (χ1) is 13.4. The van der Waals surface area contributed by atoms with Crippen molar-refractivity contribution in [2.45, 2.75) is 33.0 Å². The van der Waals surface area contributed by atoms with Gasteiger partial charge >= 0.3 is 5.76 Å². The molecular formula is C19H18N4O5. The molecule has 28 heavy (non-hydrogen) atoms. The average Bonchev–Trinajstić information content (AvgIpc) is 3.21. The van der Waals surface area contributed by atoms with Crippen LogP contribution in [0.5, 0.6) is 0 Å². The van der Waals surface area contributed by atoms with E-state index in [2.05, 4.69) is 11.2 Å². The SMILES string of the molecule is Cc1coc(=O)n1-c1noc2c(C#N)c(N3C[C@@H](C)O[C@H](C)C3)c(C=O)cc12. The number of nitrogens with zero attached hydrogens (tertiary/aromatic N) is 4. The van der Waals surface area contributed by atoms with Gasteiger partial charge in [0.2, 0.25) is 0 Å². The van der Waals surface area contributed by atoms with Crippen molar-refractivity contribution in [3.05, 3.63) is 39.7 Å². The number of rotatable bonds is 3. The minimum atomic E-state index is -0.626. The number of fused-ring (bicyclic) bond motifs is 1. The summed E-state index contributed by atoms with van der Waals surface area (Å²) in [7, 11) is 0. The number of oxazole rings is 1. The van der Waals surface area contributed by atoms with Crippen molar-refractivity contribution in [3.8, 4) is 11.9 Å². The molecule has 0 bridgehead atoms. The lowest BCUT2D eigenvalue weighted by atomic mass is 10.0. The number of aromatic nitrogens is 2. The van der Waals surface area contributed by atoms with Crippen molar-refractivity contribution in [2.75, 3.05) is 18.0 Å². The predicted molar refractivity (Wildman–Crippen MR) is 98.9 cm³/mol. The van der Waals surface area contributed by atoms with E-state index in [1.165, 1.54) is 10.8 Å². The molecule has 0 aliphatic carbocycles. The summed E-state index contributed by atoms with van der Waals surface area (Å²) in [6.07, 6.45) is 1.90. The zero-order valence-corrected chi connectivity index (χ0v) is 15.6. The number of benzene rings is 1. The number of carbonyl (C=O) groups is 1. The molecule has 1 aliphatic rings. The van der Waals surface area contributed by atoms with Gasteiger partial charge in [0.15, 0.2) is 17.7 Å². The predicted octanol–water partition coefficient (Wildman–Crippen LogP) is 2.18. The number of hydrogen-bond acceptors (Lipinski definition) is 8. The van der Waals surface area contributed by atoms with Gasteiger partial charge in [-0.15, -0.1) is 0 Å². The molecule has 3 aromatic rings. The van der Waals surface area contributed by atoms with Gasteiger partial charge in [0.1, 0.15) is 17.9 Å². The second kappa shape index (κ2) is 6.65. The van der Waals surface area contributed by atoms with Crippen molar-refractivity contribution >= 4 is 22.9 Å². The first-order valence-corrected chi connectivity index (χ1v) is 8.84. The summed E-state index contributed by atoms with van der Waals surface area (Å²) in [6.45, 7) is 6.63. The van der Waals surface area contributed by atoms with Crippen LogP contribution in [0.15, 0.2) is 26.1 Å². The van der Waals surface area contributed by atoms with Crippen molar-refractivity contribution in [2.24, 2.45) is 0 Å². The lowest BCUT2D eigenvalue weighted by Crippen LogP contribution is -2.46. The quantitative estimate of drug-likeness (QED) is 0.633. The maximum Gasteiger partial charge on any atom is 0.425 e. The standard InChI is InChI=1S/C19H18N4O5/c1-10-9-26-19(25)23(10)18-14-4-13(8-24)16(15(5-20)17(14)28-21-18)22-6-11(2)27-12(3)7-22/h4,8-9,11-12H,6-7H2,1-3H3/t11-,12-/m1/s1. The Morgan fingerprint density at radius 1 is 1.32 bits per heavy atom. The van der Waals surface area contributed by atoms with Crippen LogP contribution in [0.2, 0.25) is 0 Å². The number of morpholine rings is 1. The minimum absolute atomic E-state index is 0.0528. The van der Waals surface area contributed by atoms with Crippen LogP contribution in [0.3, 0.4) is 0 Å². The molecule has 0 saturated carbocycles. The van der Waals surface area contributed by atoms with E-state index in [1.54, 1.807) is 13.0 Å². The van der Waals surface area contributed by atoms with Crippen molar-refractivity contribution in [1.82, 2.24) is 9.72 Å². The summed E-state index contributed by atoms with van der Waals surface area (Å²) in [5.74, 6) is -0.445. The van der Waals surface area contributed by atoms with E-state index in [-0.39, 0.29) is 29.2 Å². The molecule has 0 amide bonds. The van der Waals surface area contributed by atoms with Crippen molar-refractivity contribution in [1.29, 1.82) is 5.26 Å². The fourth-order valence-corrected chi connectivity index (χ4v) is 3.77. The highest BCUT2D eigenvalue weighted by Gasteiger charge is 2.29. The molecule has 2 atom stereocenters. The van der Waals surface area contributed by atoms with E-state index in [1.807, 2.05) is 18.7 Å². The number of anilines is 1. The molecule has 0 unspecified atom stereocenters. The molecular weight excluding hydrogens is 364 g/mol. The molecule has 0 N–H and O–H groups in total. The highest BCUT2D eigenvalue weighted by atomic mass is 16.5. The molecule has 1 aromatic carbocycles. The molecule has 3 heterocycles. The maximum atomic E-state index is 12.0. The third-order valence-electron chi connectivity index (χ3n) is 4.80. The third-order valence-corrected chi connectivity index (χ3v) is 4.80. The van der Waals surface area contributed by atoms with E-state index in [0.29, 0.717) is 41.7 Å². The Morgan fingerprint density at radius 3 is 2.61 bits per heavy atom. The highest BCUT2D eigenvalue weighted by Crippen LogP contribution is 2.36. The monoisotopic (exact) mass is 382 g/mol. The second-order valence-corrected chi connectivity index (χ2v) is 6.94. The number of aldehydes is 1. The topological polar surface area (TPSA) is 114 Å². The molecule has 0 radical (unpaired) electrons. The number of nitriles is 1. The van der Waals surface area contributed by atoms with Crippen LogP contribution in [0.25, 0.3) is 16.8 Å². The van der Waals surface area contributed by atoms with Gasteiger partial charge in [-0.05, 0) is 26.8 Å². The van der Waals surface area contributed by atoms with Crippen molar-refractivity contribution in [3.63, 3.8) is 0 Å². The Bertz CT molecular complexity index is 1160. The number of carbonyl (C=O) groups excluding carboxylic acids is 1. The Morgan fingerprint density at radius 2 is 2.04 bits per heavy atom. The van der Waals surface area contributed by atoms with Gasteiger partial charge < -0.3 is 18.6 Å². The normalized spacial score (nSPS) is 19.7. The van der Waals surface area contributed by atoms with Gasteiger partial charge in [-0.25, -0.2) is 9.36 Å². The van der Waals surface area contributed by atoms with Gasteiger partial charge in [-0.2, -0.15) is 5.26 Å². The summed E-state index contributed by atoms with van der Waals surface area (Å²) >= 11 is 0.